The molecule has 0 aliphatic heterocycles. The molecule has 17 heavy (non-hydrogen) atoms. The molecule has 0 saturated heterocycles. The zero-order valence-electron chi connectivity index (χ0n) is 10.2. The molecule has 1 fully saturated rings. The minimum atomic E-state index is -0.110. The second-order valence-electron chi connectivity index (χ2n) is 4.45. The molecule has 1 aromatic carbocycles. The van der Waals surface area contributed by atoms with Gasteiger partial charge in [0.05, 0.1) is 0 Å². The number of nitrogens with one attached hydrogen (secondary N) is 2. The Morgan fingerprint density at radius 2 is 2.00 bits per heavy atom. The highest BCUT2D eigenvalue weighted by molar-refractivity contribution is 7.98. The van der Waals surface area contributed by atoms with Gasteiger partial charge in [-0.15, -0.1) is 11.8 Å². The highest BCUT2D eigenvalue weighted by atomic mass is 32.2. The normalized spacial score (nSPS) is 16.4. The molecule has 0 aromatic heterocycles. The van der Waals surface area contributed by atoms with Crippen molar-refractivity contribution in [1.29, 1.82) is 0 Å². The van der Waals surface area contributed by atoms with Gasteiger partial charge >= 0.3 is 6.03 Å². The van der Waals surface area contributed by atoms with Crippen molar-refractivity contribution in [2.75, 3.05) is 11.6 Å². The van der Waals surface area contributed by atoms with Crippen LogP contribution in [-0.2, 0) is 0 Å². The fourth-order valence-corrected chi connectivity index (χ4v) is 2.17. The van der Waals surface area contributed by atoms with Crippen LogP contribution in [0.25, 0.3) is 0 Å². The number of hydrogen-bond donors (Lipinski definition) is 2. The van der Waals surface area contributed by atoms with Crippen molar-refractivity contribution in [1.82, 2.24) is 5.32 Å². The number of urea groups is 1. The van der Waals surface area contributed by atoms with E-state index in [2.05, 4.69) is 17.6 Å². The highest BCUT2D eigenvalue weighted by Gasteiger charge is 2.28. The fraction of sp³-hybridized carbons (Fsp3) is 0.462. The summed E-state index contributed by atoms with van der Waals surface area (Å²) in [5.41, 5.74) is 0.836. The lowest BCUT2D eigenvalue weighted by Crippen LogP contribution is -2.37. The van der Waals surface area contributed by atoms with Crippen molar-refractivity contribution in [2.45, 2.75) is 30.7 Å². The zero-order chi connectivity index (χ0) is 12.3. The molecule has 2 amide bonds. The maximum atomic E-state index is 11.7. The molecule has 1 aliphatic rings. The predicted octanol–water partition coefficient (Wildman–Crippen LogP) is 3.33. The Bertz CT molecular complexity index is 387. The van der Waals surface area contributed by atoms with E-state index in [0.29, 0.717) is 5.92 Å². The molecule has 2 rings (SSSR count). The van der Waals surface area contributed by atoms with E-state index in [9.17, 15) is 4.79 Å². The van der Waals surface area contributed by atoms with Gasteiger partial charge in [-0.05, 0) is 56.2 Å². The van der Waals surface area contributed by atoms with Crippen molar-refractivity contribution in [3.8, 4) is 0 Å². The van der Waals surface area contributed by atoms with Crippen molar-refractivity contribution in [3.05, 3.63) is 24.3 Å². The summed E-state index contributed by atoms with van der Waals surface area (Å²) in [4.78, 5) is 12.9. The van der Waals surface area contributed by atoms with Crippen LogP contribution in [0.1, 0.15) is 19.8 Å². The molecule has 4 heteroatoms. The first-order valence-electron chi connectivity index (χ1n) is 5.90. The van der Waals surface area contributed by atoms with Gasteiger partial charge in [-0.25, -0.2) is 4.79 Å². The Kier molecular flexibility index (Phi) is 3.94. The second-order valence-corrected chi connectivity index (χ2v) is 5.33. The van der Waals surface area contributed by atoms with Gasteiger partial charge in [-0.2, -0.15) is 0 Å². The summed E-state index contributed by atoms with van der Waals surface area (Å²) < 4.78 is 0. The van der Waals surface area contributed by atoms with Crippen LogP contribution in [0, 0.1) is 5.92 Å². The smallest absolute Gasteiger partial charge is 0.319 e. The van der Waals surface area contributed by atoms with E-state index >= 15 is 0 Å². The van der Waals surface area contributed by atoms with E-state index in [1.54, 1.807) is 11.8 Å². The molecule has 0 heterocycles. The van der Waals surface area contributed by atoms with Crippen LogP contribution < -0.4 is 10.6 Å². The number of anilines is 1. The lowest BCUT2D eigenvalue weighted by atomic mass is 10.2. The van der Waals surface area contributed by atoms with Gasteiger partial charge in [-0.1, -0.05) is 0 Å². The number of benzene rings is 1. The van der Waals surface area contributed by atoms with Gasteiger partial charge in [0, 0.05) is 16.6 Å². The van der Waals surface area contributed by atoms with Crippen molar-refractivity contribution in [3.63, 3.8) is 0 Å². The van der Waals surface area contributed by atoms with Crippen LogP contribution in [0.4, 0.5) is 10.5 Å². The van der Waals surface area contributed by atoms with E-state index < -0.39 is 0 Å². The minimum absolute atomic E-state index is 0.110. The molecule has 3 nitrogen and oxygen atoms in total. The first-order chi connectivity index (χ1) is 8.19. The summed E-state index contributed by atoms with van der Waals surface area (Å²) in [6.45, 7) is 2.06. The van der Waals surface area contributed by atoms with Crippen LogP contribution in [0.2, 0.25) is 0 Å². The monoisotopic (exact) mass is 250 g/mol. The predicted molar refractivity (Wildman–Crippen MR) is 72.6 cm³/mol. The summed E-state index contributed by atoms with van der Waals surface area (Å²) >= 11 is 1.69. The van der Waals surface area contributed by atoms with E-state index in [1.807, 2.05) is 30.5 Å². The van der Waals surface area contributed by atoms with E-state index in [1.165, 1.54) is 17.7 Å². The summed E-state index contributed by atoms with van der Waals surface area (Å²) in [6, 6.07) is 8.03. The number of carbonyl (C=O) groups is 1. The van der Waals surface area contributed by atoms with E-state index in [-0.39, 0.29) is 12.1 Å². The Morgan fingerprint density at radius 3 is 2.53 bits per heavy atom. The van der Waals surface area contributed by atoms with Crippen LogP contribution in [0.3, 0.4) is 0 Å². The van der Waals surface area contributed by atoms with Crippen LogP contribution in [0.15, 0.2) is 29.2 Å². The SMILES string of the molecule is CSc1ccc(NC(=O)NC(C)C2CC2)cc1. The molecule has 2 N–H and O–H groups in total. The molecule has 1 aromatic rings. The summed E-state index contributed by atoms with van der Waals surface area (Å²) in [7, 11) is 0. The third kappa shape index (κ3) is 3.66. The van der Waals surface area contributed by atoms with Crippen molar-refractivity contribution in [2.24, 2.45) is 5.92 Å². The number of carbonyl (C=O) groups excluding carboxylic acids is 1. The number of rotatable bonds is 4. The minimum Gasteiger partial charge on any atom is -0.335 e. The first kappa shape index (κ1) is 12.3. The summed E-state index contributed by atoms with van der Waals surface area (Å²) in [5.74, 6) is 0.680. The molecular formula is C13H18N2OS. The van der Waals surface area contributed by atoms with Gasteiger partial charge in [-0.3, -0.25) is 0 Å². The molecule has 1 atom stereocenters. The average molecular weight is 250 g/mol. The lowest BCUT2D eigenvalue weighted by Gasteiger charge is -2.13. The third-order valence-electron chi connectivity index (χ3n) is 3.04. The first-order valence-corrected chi connectivity index (χ1v) is 7.13. The van der Waals surface area contributed by atoms with Gasteiger partial charge < -0.3 is 10.6 Å². The zero-order valence-corrected chi connectivity index (χ0v) is 11.0. The van der Waals surface area contributed by atoms with E-state index in [0.717, 1.165) is 5.69 Å². The molecule has 1 saturated carbocycles. The standard InChI is InChI=1S/C13H18N2OS/c1-9(10-3-4-10)14-13(16)15-11-5-7-12(17-2)8-6-11/h5-10H,3-4H2,1-2H3,(H2,14,15,16). The van der Waals surface area contributed by atoms with Crippen molar-refractivity contribution >= 4 is 23.5 Å². The Labute approximate surface area is 106 Å². The number of thioether (sulfide) groups is 1. The average Bonchev–Trinajstić information content (AvgIpc) is 3.13. The number of hydrogen-bond acceptors (Lipinski definition) is 2. The topological polar surface area (TPSA) is 41.1 Å². The van der Waals surface area contributed by atoms with Gasteiger partial charge in [0.1, 0.15) is 0 Å². The molecule has 1 unspecified atom stereocenters. The quantitative estimate of drug-likeness (QED) is 0.805. The highest BCUT2D eigenvalue weighted by Crippen LogP contribution is 2.32. The Hall–Kier alpha value is -1.16. The summed E-state index contributed by atoms with van der Waals surface area (Å²) in [5, 5.41) is 5.81. The Morgan fingerprint density at radius 1 is 1.35 bits per heavy atom. The van der Waals surface area contributed by atoms with E-state index in [4.69, 9.17) is 0 Å². The molecule has 1 aliphatic carbocycles. The second kappa shape index (κ2) is 5.45. The lowest BCUT2D eigenvalue weighted by molar-refractivity contribution is 0.248. The third-order valence-corrected chi connectivity index (χ3v) is 3.78. The maximum absolute atomic E-state index is 11.7. The molecular weight excluding hydrogens is 232 g/mol. The Balaban J connectivity index is 1.84. The molecule has 92 valence electrons. The maximum Gasteiger partial charge on any atom is 0.319 e. The molecule has 0 radical (unpaired) electrons. The summed E-state index contributed by atoms with van der Waals surface area (Å²) in [6.07, 6.45) is 4.51. The van der Waals surface area contributed by atoms with Crippen LogP contribution >= 0.6 is 11.8 Å². The fourth-order valence-electron chi connectivity index (χ4n) is 1.76. The van der Waals surface area contributed by atoms with Gasteiger partial charge in [0.15, 0.2) is 0 Å². The van der Waals surface area contributed by atoms with Crippen LogP contribution in [-0.4, -0.2) is 18.3 Å². The largest absolute Gasteiger partial charge is 0.335 e. The number of amides is 2. The molecule has 0 bridgehead atoms. The van der Waals surface area contributed by atoms with Gasteiger partial charge in [0.2, 0.25) is 0 Å². The molecule has 0 spiro atoms. The van der Waals surface area contributed by atoms with Crippen molar-refractivity contribution < 1.29 is 4.79 Å². The van der Waals surface area contributed by atoms with Gasteiger partial charge in [0.25, 0.3) is 0 Å². The van der Waals surface area contributed by atoms with Crippen LogP contribution in [0.5, 0.6) is 0 Å².